The Hall–Kier alpha value is -0.860. The van der Waals surface area contributed by atoms with E-state index in [2.05, 4.69) is 31.2 Å². The van der Waals surface area contributed by atoms with Crippen molar-refractivity contribution in [2.75, 3.05) is 6.61 Å². The van der Waals surface area contributed by atoms with Gasteiger partial charge in [0, 0.05) is 5.92 Å². The van der Waals surface area contributed by atoms with Gasteiger partial charge in [0.2, 0.25) is 0 Å². The highest BCUT2D eigenvalue weighted by Crippen LogP contribution is 2.38. The van der Waals surface area contributed by atoms with Crippen LogP contribution in [0.4, 0.5) is 0 Å². The number of hydrogen-bond donors (Lipinski definition) is 0. The highest BCUT2D eigenvalue weighted by Gasteiger charge is 2.35. The SMILES string of the molecule is CC1COC(C2CCc3ccccc32)O1. The van der Waals surface area contributed by atoms with Crippen molar-refractivity contribution in [1.29, 1.82) is 0 Å². The smallest absolute Gasteiger partial charge is 0.164 e. The lowest BCUT2D eigenvalue weighted by molar-refractivity contribution is -0.0723. The Labute approximate surface area is 90.2 Å². The van der Waals surface area contributed by atoms with Gasteiger partial charge in [0.25, 0.3) is 0 Å². The monoisotopic (exact) mass is 204 g/mol. The van der Waals surface area contributed by atoms with E-state index in [1.54, 1.807) is 0 Å². The van der Waals surface area contributed by atoms with Gasteiger partial charge >= 0.3 is 0 Å². The van der Waals surface area contributed by atoms with Crippen LogP contribution in [0.3, 0.4) is 0 Å². The molecule has 1 saturated heterocycles. The van der Waals surface area contributed by atoms with Crippen LogP contribution in [0.2, 0.25) is 0 Å². The van der Waals surface area contributed by atoms with E-state index in [1.807, 2.05) is 0 Å². The second-order valence-corrected chi connectivity index (χ2v) is 4.49. The molecule has 1 aromatic rings. The quantitative estimate of drug-likeness (QED) is 0.699. The van der Waals surface area contributed by atoms with Gasteiger partial charge in [-0.2, -0.15) is 0 Å². The summed E-state index contributed by atoms with van der Waals surface area (Å²) in [4.78, 5) is 0. The number of fused-ring (bicyclic) bond motifs is 1. The molecule has 1 fully saturated rings. The normalized spacial score (nSPS) is 34.3. The van der Waals surface area contributed by atoms with Gasteiger partial charge in [-0.05, 0) is 30.9 Å². The summed E-state index contributed by atoms with van der Waals surface area (Å²) in [5.41, 5.74) is 2.89. The molecule has 15 heavy (non-hydrogen) atoms. The van der Waals surface area contributed by atoms with Crippen molar-refractivity contribution in [3.05, 3.63) is 35.4 Å². The number of aryl methyl sites for hydroxylation is 1. The van der Waals surface area contributed by atoms with E-state index in [-0.39, 0.29) is 12.4 Å². The Morgan fingerprint density at radius 3 is 2.93 bits per heavy atom. The zero-order chi connectivity index (χ0) is 10.3. The summed E-state index contributed by atoms with van der Waals surface area (Å²) in [6.07, 6.45) is 2.57. The van der Waals surface area contributed by atoms with Gasteiger partial charge < -0.3 is 9.47 Å². The molecule has 0 saturated carbocycles. The second kappa shape index (κ2) is 3.62. The highest BCUT2D eigenvalue weighted by atomic mass is 16.7. The molecule has 1 heterocycles. The standard InChI is InChI=1S/C13H16O2/c1-9-8-14-13(15-9)12-7-6-10-4-2-3-5-11(10)12/h2-5,9,12-13H,6-8H2,1H3. The fourth-order valence-electron chi connectivity index (χ4n) is 2.62. The van der Waals surface area contributed by atoms with Gasteiger partial charge in [0.05, 0.1) is 12.7 Å². The third-order valence-corrected chi connectivity index (χ3v) is 3.37. The van der Waals surface area contributed by atoms with Gasteiger partial charge in [-0.1, -0.05) is 24.3 Å². The molecule has 2 nitrogen and oxygen atoms in total. The van der Waals surface area contributed by atoms with Gasteiger partial charge in [-0.25, -0.2) is 0 Å². The maximum absolute atomic E-state index is 5.78. The van der Waals surface area contributed by atoms with Crippen molar-refractivity contribution in [2.24, 2.45) is 0 Å². The molecule has 3 rings (SSSR count). The van der Waals surface area contributed by atoms with Crippen LogP contribution < -0.4 is 0 Å². The zero-order valence-electron chi connectivity index (χ0n) is 8.98. The molecule has 0 bridgehead atoms. The summed E-state index contributed by atoms with van der Waals surface area (Å²) in [7, 11) is 0. The van der Waals surface area contributed by atoms with Crippen molar-refractivity contribution in [1.82, 2.24) is 0 Å². The highest BCUT2D eigenvalue weighted by molar-refractivity contribution is 5.35. The maximum atomic E-state index is 5.78. The minimum absolute atomic E-state index is 0.0105. The Morgan fingerprint density at radius 1 is 1.27 bits per heavy atom. The van der Waals surface area contributed by atoms with E-state index in [9.17, 15) is 0 Å². The average molecular weight is 204 g/mol. The number of rotatable bonds is 1. The molecule has 0 amide bonds. The summed E-state index contributed by atoms with van der Waals surface area (Å²) < 4.78 is 11.5. The fraction of sp³-hybridized carbons (Fsp3) is 0.538. The van der Waals surface area contributed by atoms with Crippen molar-refractivity contribution in [2.45, 2.75) is 38.1 Å². The Balaban J connectivity index is 1.85. The van der Waals surface area contributed by atoms with Crippen LogP contribution in [0.1, 0.15) is 30.4 Å². The molecule has 0 N–H and O–H groups in total. The molecule has 3 unspecified atom stereocenters. The van der Waals surface area contributed by atoms with Crippen LogP contribution >= 0.6 is 0 Å². The van der Waals surface area contributed by atoms with Crippen LogP contribution in [-0.4, -0.2) is 19.0 Å². The fourth-order valence-corrected chi connectivity index (χ4v) is 2.62. The molecule has 1 aromatic carbocycles. The Kier molecular flexibility index (Phi) is 2.26. The Morgan fingerprint density at radius 2 is 2.13 bits per heavy atom. The van der Waals surface area contributed by atoms with Crippen molar-refractivity contribution in [3.63, 3.8) is 0 Å². The molecule has 0 spiro atoms. The van der Waals surface area contributed by atoms with Gasteiger partial charge in [0.15, 0.2) is 6.29 Å². The topological polar surface area (TPSA) is 18.5 Å². The van der Waals surface area contributed by atoms with Crippen LogP contribution in [-0.2, 0) is 15.9 Å². The third-order valence-electron chi connectivity index (χ3n) is 3.37. The predicted octanol–water partition coefficient (Wildman–Crippen LogP) is 2.48. The van der Waals surface area contributed by atoms with Gasteiger partial charge in [-0.3, -0.25) is 0 Å². The first-order valence-corrected chi connectivity index (χ1v) is 5.69. The van der Waals surface area contributed by atoms with E-state index in [0.717, 1.165) is 13.0 Å². The summed E-state index contributed by atoms with van der Waals surface area (Å²) >= 11 is 0. The molecule has 3 atom stereocenters. The first kappa shape index (κ1) is 9.37. The molecule has 80 valence electrons. The minimum Gasteiger partial charge on any atom is -0.349 e. The first-order valence-electron chi connectivity index (χ1n) is 5.69. The molecular formula is C13H16O2. The van der Waals surface area contributed by atoms with E-state index in [0.29, 0.717) is 5.92 Å². The van der Waals surface area contributed by atoms with Gasteiger partial charge in [0.1, 0.15) is 0 Å². The molecule has 0 aromatic heterocycles. The molecule has 1 aliphatic heterocycles. The van der Waals surface area contributed by atoms with Crippen LogP contribution in [0, 0.1) is 0 Å². The van der Waals surface area contributed by atoms with Crippen LogP contribution in [0.5, 0.6) is 0 Å². The molecule has 1 aliphatic carbocycles. The first-order chi connectivity index (χ1) is 7.34. The zero-order valence-corrected chi connectivity index (χ0v) is 8.98. The van der Waals surface area contributed by atoms with Crippen LogP contribution in [0.25, 0.3) is 0 Å². The summed E-state index contributed by atoms with van der Waals surface area (Å²) in [5.74, 6) is 0.450. The van der Waals surface area contributed by atoms with Crippen molar-refractivity contribution >= 4 is 0 Å². The lowest BCUT2D eigenvalue weighted by Crippen LogP contribution is -2.18. The van der Waals surface area contributed by atoms with E-state index in [1.165, 1.54) is 17.5 Å². The van der Waals surface area contributed by atoms with E-state index < -0.39 is 0 Å². The second-order valence-electron chi connectivity index (χ2n) is 4.49. The molecule has 2 aliphatic rings. The number of ether oxygens (including phenoxy) is 2. The van der Waals surface area contributed by atoms with Crippen molar-refractivity contribution in [3.8, 4) is 0 Å². The van der Waals surface area contributed by atoms with Gasteiger partial charge in [-0.15, -0.1) is 0 Å². The molecule has 0 radical (unpaired) electrons. The lowest BCUT2D eigenvalue weighted by Gasteiger charge is -2.18. The van der Waals surface area contributed by atoms with Crippen LogP contribution in [0.15, 0.2) is 24.3 Å². The molecule has 2 heteroatoms. The van der Waals surface area contributed by atoms with Crippen molar-refractivity contribution < 1.29 is 9.47 Å². The minimum atomic E-state index is -0.0105. The van der Waals surface area contributed by atoms with E-state index in [4.69, 9.17) is 9.47 Å². The molecular weight excluding hydrogens is 188 g/mol. The lowest BCUT2D eigenvalue weighted by atomic mass is 10.0. The maximum Gasteiger partial charge on any atom is 0.164 e. The largest absolute Gasteiger partial charge is 0.349 e. The number of hydrogen-bond acceptors (Lipinski definition) is 2. The summed E-state index contributed by atoms with van der Waals surface area (Å²) in [6, 6.07) is 8.64. The third kappa shape index (κ3) is 1.58. The van der Waals surface area contributed by atoms with E-state index >= 15 is 0 Å². The Bertz CT molecular complexity index is 361. The average Bonchev–Trinajstić information content (AvgIpc) is 2.83. The predicted molar refractivity (Wildman–Crippen MR) is 57.8 cm³/mol. The number of benzene rings is 1. The summed E-state index contributed by atoms with van der Waals surface area (Å²) in [5, 5.41) is 0. The summed E-state index contributed by atoms with van der Waals surface area (Å²) in [6.45, 7) is 2.81.